The fraction of sp³-hybridized carbons (Fsp3) is 0.250. The number of halogens is 1. The molecule has 0 radical (unpaired) electrons. The largest absolute Gasteiger partial charge is 0.291 e. The lowest BCUT2D eigenvalue weighted by Crippen LogP contribution is -2.31. The van der Waals surface area contributed by atoms with Gasteiger partial charge in [-0.2, -0.15) is 0 Å². The SMILES string of the molecule is NC1N=CC=CN1Cl. The van der Waals surface area contributed by atoms with Crippen molar-refractivity contribution < 1.29 is 0 Å². The van der Waals surface area contributed by atoms with Gasteiger partial charge in [0.1, 0.15) is 0 Å². The van der Waals surface area contributed by atoms with Crippen molar-refractivity contribution in [2.24, 2.45) is 10.7 Å². The molecule has 0 amide bonds. The lowest BCUT2D eigenvalue weighted by atomic mass is 10.6. The molecule has 1 rings (SSSR count). The molecule has 0 aromatic rings. The molecule has 4 heteroatoms. The van der Waals surface area contributed by atoms with E-state index in [-0.39, 0.29) is 0 Å². The molecule has 0 bridgehead atoms. The summed E-state index contributed by atoms with van der Waals surface area (Å²) in [5.41, 5.74) is 5.32. The van der Waals surface area contributed by atoms with E-state index in [9.17, 15) is 0 Å². The van der Waals surface area contributed by atoms with E-state index in [0.29, 0.717) is 0 Å². The predicted molar refractivity (Wildman–Crippen MR) is 33.3 cm³/mol. The average Bonchev–Trinajstić information content (AvgIpc) is 1.77. The second kappa shape index (κ2) is 2.15. The molecule has 1 unspecified atom stereocenters. The molecule has 0 aromatic carbocycles. The Labute approximate surface area is 52.5 Å². The first-order valence-corrected chi connectivity index (χ1v) is 2.54. The van der Waals surface area contributed by atoms with Gasteiger partial charge in [0.15, 0.2) is 6.29 Å². The quantitative estimate of drug-likeness (QED) is 0.480. The number of allylic oxidation sites excluding steroid dienone is 1. The van der Waals surface area contributed by atoms with Crippen molar-refractivity contribution in [3.05, 3.63) is 12.3 Å². The van der Waals surface area contributed by atoms with E-state index in [1.165, 1.54) is 4.42 Å². The second-order valence-electron chi connectivity index (χ2n) is 1.40. The van der Waals surface area contributed by atoms with Crippen LogP contribution in [0.1, 0.15) is 0 Å². The van der Waals surface area contributed by atoms with E-state index < -0.39 is 6.29 Å². The lowest BCUT2D eigenvalue weighted by molar-refractivity contribution is 0.454. The minimum Gasteiger partial charge on any atom is -0.291 e. The minimum atomic E-state index is -0.415. The predicted octanol–water partition coefficient (Wildman–Crippen LogP) is 0.283. The van der Waals surface area contributed by atoms with Crippen LogP contribution >= 0.6 is 11.8 Å². The molecule has 0 saturated carbocycles. The molecule has 0 aromatic heterocycles. The van der Waals surface area contributed by atoms with Crippen LogP contribution in [0.15, 0.2) is 17.3 Å². The second-order valence-corrected chi connectivity index (χ2v) is 1.79. The summed E-state index contributed by atoms with van der Waals surface area (Å²) in [6.45, 7) is 0. The highest BCUT2D eigenvalue weighted by Crippen LogP contribution is 2.02. The van der Waals surface area contributed by atoms with Crippen LogP contribution in [0.4, 0.5) is 0 Å². The van der Waals surface area contributed by atoms with Crippen molar-refractivity contribution >= 4 is 18.0 Å². The van der Waals surface area contributed by atoms with Gasteiger partial charge in [0.2, 0.25) is 0 Å². The maximum Gasteiger partial charge on any atom is 0.187 e. The van der Waals surface area contributed by atoms with Gasteiger partial charge in [-0.1, -0.05) is 0 Å². The Morgan fingerprint density at radius 2 is 2.50 bits per heavy atom. The molecule has 0 aliphatic carbocycles. The molecule has 1 aliphatic heterocycles. The van der Waals surface area contributed by atoms with Crippen LogP contribution in [-0.2, 0) is 0 Å². The summed E-state index contributed by atoms with van der Waals surface area (Å²) in [6, 6.07) is 0. The zero-order chi connectivity index (χ0) is 5.98. The highest BCUT2D eigenvalue weighted by molar-refractivity contribution is 6.14. The highest BCUT2D eigenvalue weighted by Gasteiger charge is 2.04. The lowest BCUT2D eigenvalue weighted by Gasteiger charge is -2.16. The highest BCUT2D eigenvalue weighted by atomic mass is 35.5. The van der Waals surface area contributed by atoms with E-state index in [1.807, 2.05) is 0 Å². The van der Waals surface area contributed by atoms with Crippen LogP contribution in [0.25, 0.3) is 0 Å². The Morgan fingerprint density at radius 3 is 2.88 bits per heavy atom. The van der Waals surface area contributed by atoms with Crippen LogP contribution in [0, 0.1) is 0 Å². The molecule has 0 spiro atoms. The monoisotopic (exact) mass is 131 g/mol. The summed E-state index contributed by atoms with van der Waals surface area (Å²) in [5.74, 6) is 0. The Morgan fingerprint density at radius 1 is 1.75 bits per heavy atom. The standard InChI is InChI=1S/C4H6ClN3/c5-8-3-1-2-7-4(8)6/h1-4H,6H2. The fourth-order valence-corrected chi connectivity index (χ4v) is 0.526. The zero-order valence-electron chi connectivity index (χ0n) is 4.16. The summed E-state index contributed by atoms with van der Waals surface area (Å²) in [7, 11) is 0. The van der Waals surface area contributed by atoms with Gasteiger partial charge < -0.3 is 0 Å². The van der Waals surface area contributed by atoms with Crippen LogP contribution in [0.2, 0.25) is 0 Å². The molecular weight excluding hydrogens is 126 g/mol. The van der Waals surface area contributed by atoms with Gasteiger partial charge in [-0.15, -0.1) is 0 Å². The third-order valence-electron chi connectivity index (χ3n) is 0.806. The van der Waals surface area contributed by atoms with Gasteiger partial charge in [-0.3, -0.25) is 15.1 Å². The van der Waals surface area contributed by atoms with Gasteiger partial charge >= 0.3 is 0 Å². The summed E-state index contributed by atoms with van der Waals surface area (Å²) < 4.78 is 1.31. The summed E-state index contributed by atoms with van der Waals surface area (Å²) in [4.78, 5) is 3.77. The van der Waals surface area contributed by atoms with E-state index in [1.54, 1.807) is 18.5 Å². The summed E-state index contributed by atoms with van der Waals surface area (Å²) >= 11 is 5.47. The molecule has 0 fully saturated rings. The van der Waals surface area contributed by atoms with Crippen molar-refractivity contribution in [2.75, 3.05) is 0 Å². The van der Waals surface area contributed by atoms with Crippen molar-refractivity contribution in [1.29, 1.82) is 0 Å². The fourth-order valence-electron chi connectivity index (χ4n) is 0.410. The van der Waals surface area contributed by atoms with Crippen molar-refractivity contribution in [3.63, 3.8) is 0 Å². The van der Waals surface area contributed by atoms with Crippen molar-refractivity contribution in [2.45, 2.75) is 6.29 Å². The van der Waals surface area contributed by atoms with E-state index in [4.69, 9.17) is 17.5 Å². The van der Waals surface area contributed by atoms with E-state index in [0.717, 1.165) is 0 Å². The van der Waals surface area contributed by atoms with Crippen LogP contribution in [0.5, 0.6) is 0 Å². The molecule has 3 nitrogen and oxygen atoms in total. The number of hydrogen-bond donors (Lipinski definition) is 1. The van der Waals surface area contributed by atoms with Crippen LogP contribution < -0.4 is 5.73 Å². The number of rotatable bonds is 0. The molecule has 1 heterocycles. The van der Waals surface area contributed by atoms with Crippen molar-refractivity contribution in [3.8, 4) is 0 Å². The minimum absolute atomic E-state index is 0.415. The number of nitrogens with zero attached hydrogens (tertiary/aromatic N) is 2. The van der Waals surface area contributed by atoms with Gasteiger partial charge in [-0.25, -0.2) is 0 Å². The normalized spacial score (nSPS) is 26.8. The zero-order valence-corrected chi connectivity index (χ0v) is 4.92. The Bertz CT molecular complexity index is 115. The molecule has 2 N–H and O–H groups in total. The van der Waals surface area contributed by atoms with Gasteiger partial charge in [0.25, 0.3) is 0 Å². The van der Waals surface area contributed by atoms with E-state index >= 15 is 0 Å². The van der Waals surface area contributed by atoms with E-state index in [2.05, 4.69) is 4.99 Å². The third kappa shape index (κ3) is 0.993. The first-order chi connectivity index (χ1) is 3.80. The molecule has 8 heavy (non-hydrogen) atoms. The molecule has 44 valence electrons. The van der Waals surface area contributed by atoms with Gasteiger partial charge in [0.05, 0.1) is 0 Å². The maximum absolute atomic E-state index is 5.47. The molecule has 1 atom stereocenters. The Kier molecular flexibility index (Phi) is 1.50. The number of nitrogens with two attached hydrogens (primary N) is 1. The topological polar surface area (TPSA) is 41.6 Å². The average molecular weight is 132 g/mol. The van der Waals surface area contributed by atoms with Crippen LogP contribution in [0.3, 0.4) is 0 Å². The maximum atomic E-state index is 5.47. The molecule has 0 saturated heterocycles. The van der Waals surface area contributed by atoms with Gasteiger partial charge in [-0.05, 0) is 6.08 Å². The Balaban J connectivity index is 2.59. The number of hydrogen-bond acceptors (Lipinski definition) is 3. The van der Waals surface area contributed by atoms with Gasteiger partial charge in [0, 0.05) is 24.2 Å². The smallest absolute Gasteiger partial charge is 0.187 e. The first kappa shape index (κ1) is 5.59. The molecular formula is C4H6ClN3. The summed E-state index contributed by atoms with van der Waals surface area (Å²) in [6.07, 6.45) is 4.57. The first-order valence-electron chi connectivity index (χ1n) is 2.20. The van der Waals surface area contributed by atoms with Crippen LogP contribution in [-0.4, -0.2) is 16.9 Å². The van der Waals surface area contributed by atoms with Crippen molar-refractivity contribution in [1.82, 2.24) is 4.42 Å². The summed E-state index contributed by atoms with van der Waals surface area (Å²) in [5, 5.41) is 0. The molecule has 1 aliphatic rings. The number of aliphatic imine (C=N–C) groups is 1. The Hall–Kier alpha value is -0.540. The third-order valence-corrected chi connectivity index (χ3v) is 1.12.